The van der Waals surface area contributed by atoms with Gasteiger partial charge in [0.25, 0.3) is 0 Å². The van der Waals surface area contributed by atoms with Gasteiger partial charge in [-0.05, 0) is 62.2 Å². The Morgan fingerprint density at radius 1 is 1.03 bits per heavy atom. The van der Waals surface area contributed by atoms with Crippen molar-refractivity contribution in [3.63, 3.8) is 0 Å². The second-order valence-corrected chi connectivity index (χ2v) is 7.28. The Morgan fingerprint density at radius 2 is 1.80 bits per heavy atom. The molecular formula is C24H21NO5. The SMILES string of the molecule is COc1ccc2cc(C(=O)OCc3cc(=O)oc4cc(C)c(C)cc34)c(C)nc2c1. The van der Waals surface area contributed by atoms with E-state index in [2.05, 4.69) is 4.98 Å². The fourth-order valence-corrected chi connectivity index (χ4v) is 3.40. The first kappa shape index (κ1) is 19.6. The molecule has 6 nitrogen and oxygen atoms in total. The van der Waals surface area contributed by atoms with Crippen molar-refractivity contribution in [1.29, 1.82) is 0 Å². The molecule has 2 aromatic heterocycles. The molecule has 0 saturated heterocycles. The van der Waals surface area contributed by atoms with Crippen LogP contribution in [0.3, 0.4) is 0 Å². The Hall–Kier alpha value is -3.67. The minimum Gasteiger partial charge on any atom is -0.497 e. The van der Waals surface area contributed by atoms with Gasteiger partial charge in [-0.1, -0.05) is 0 Å². The Balaban J connectivity index is 1.64. The van der Waals surface area contributed by atoms with Crippen molar-refractivity contribution in [2.45, 2.75) is 27.4 Å². The Bertz CT molecular complexity index is 1350. The molecule has 2 heterocycles. The number of hydrogen-bond acceptors (Lipinski definition) is 6. The van der Waals surface area contributed by atoms with Gasteiger partial charge in [0.05, 0.1) is 23.9 Å². The smallest absolute Gasteiger partial charge is 0.340 e. The number of carbonyl (C=O) groups excluding carboxylic acids is 1. The quantitative estimate of drug-likeness (QED) is 0.365. The fourth-order valence-electron chi connectivity index (χ4n) is 3.40. The molecule has 0 radical (unpaired) electrons. The molecule has 0 saturated carbocycles. The highest BCUT2D eigenvalue weighted by Crippen LogP contribution is 2.24. The molecule has 4 rings (SSSR count). The highest BCUT2D eigenvalue weighted by Gasteiger charge is 2.15. The van der Waals surface area contributed by atoms with Crippen LogP contribution in [0.4, 0.5) is 0 Å². The maximum absolute atomic E-state index is 12.8. The molecular weight excluding hydrogens is 382 g/mol. The standard InChI is InChI=1S/C24H21NO5/c1-13-7-20-17(10-23(26)30-22(20)8-14(13)2)12-29-24(27)19-9-16-5-6-18(28-4)11-21(16)25-15(19)3/h5-11H,12H2,1-4H3. The number of benzene rings is 2. The van der Waals surface area contributed by atoms with E-state index in [1.54, 1.807) is 20.1 Å². The molecule has 0 spiro atoms. The van der Waals surface area contributed by atoms with Gasteiger partial charge in [0.2, 0.25) is 0 Å². The van der Waals surface area contributed by atoms with Crippen LogP contribution in [-0.2, 0) is 11.3 Å². The first-order valence-corrected chi connectivity index (χ1v) is 9.52. The molecule has 0 N–H and O–H groups in total. The molecule has 0 unspecified atom stereocenters. The summed E-state index contributed by atoms with van der Waals surface area (Å²) in [5.41, 5.74) is 4.37. The molecule has 0 aliphatic carbocycles. The fraction of sp³-hybridized carbons (Fsp3) is 0.208. The summed E-state index contributed by atoms with van der Waals surface area (Å²) in [6, 6.07) is 12.4. The third kappa shape index (κ3) is 3.64. The summed E-state index contributed by atoms with van der Waals surface area (Å²) in [6.45, 7) is 5.65. The first-order valence-electron chi connectivity index (χ1n) is 9.52. The zero-order valence-electron chi connectivity index (χ0n) is 17.2. The second kappa shape index (κ2) is 7.63. The van der Waals surface area contributed by atoms with Crippen LogP contribution < -0.4 is 10.4 Å². The molecule has 0 atom stereocenters. The lowest BCUT2D eigenvalue weighted by atomic mass is 10.0. The van der Waals surface area contributed by atoms with E-state index in [4.69, 9.17) is 13.9 Å². The van der Waals surface area contributed by atoms with E-state index in [1.807, 2.05) is 44.2 Å². The van der Waals surface area contributed by atoms with Crippen LogP contribution in [0, 0.1) is 20.8 Å². The number of nitrogens with zero attached hydrogens (tertiary/aromatic N) is 1. The molecule has 4 aromatic rings. The highest BCUT2D eigenvalue weighted by molar-refractivity contribution is 5.95. The number of ether oxygens (including phenoxy) is 2. The summed E-state index contributed by atoms with van der Waals surface area (Å²) in [5.74, 6) is 0.202. The highest BCUT2D eigenvalue weighted by atomic mass is 16.5. The van der Waals surface area contributed by atoms with Crippen molar-refractivity contribution in [3.8, 4) is 5.75 Å². The molecule has 30 heavy (non-hydrogen) atoms. The predicted molar refractivity (Wildman–Crippen MR) is 114 cm³/mol. The summed E-state index contributed by atoms with van der Waals surface area (Å²) >= 11 is 0. The molecule has 6 heteroatoms. The topological polar surface area (TPSA) is 78.6 Å². The number of hydrogen-bond donors (Lipinski definition) is 0. The van der Waals surface area contributed by atoms with Gasteiger partial charge in [0.15, 0.2) is 0 Å². The van der Waals surface area contributed by atoms with Gasteiger partial charge in [-0.3, -0.25) is 4.98 Å². The summed E-state index contributed by atoms with van der Waals surface area (Å²) in [5, 5.41) is 1.57. The van der Waals surface area contributed by atoms with Crippen LogP contribution >= 0.6 is 0 Å². The number of esters is 1. The van der Waals surface area contributed by atoms with E-state index in [-0.39, 0.29) is 6.61 Å². The van der Waals surface area contributed by atoms with Crippen molar-refractivity contribution >= 4 is 27.8 Å². The predicted octanol–water partition coefficient (Wildman–Crippen LogP) is 4.63. The van der Waals surface area contributed by atoms with E-state index in [1.165, 1.54) is 6.07 Å². The molecule has 0 aliphatic heterocycles. The number of methoxy groups -OCH3 is 1. The number of fused-ring (bicyclic) bond motifs is 2. The van der Waals surface area contributed by atoms with Gasteiger partial charge < -0.3 is 13.9 Å². The van der Waals surface area contributed by atoms with Gasteiger partial charge in [0, 0.05) is 28.5 Å². The third-order valence-corrected chi connectivity index (χ3v) is 5.24. The molecule has 0 aliphatic rings. The lowest BCUT2D eigenvalue weighted by Gasteiger charge is -2.11. The number of aromatic nitrogens is 1. The first-order chi connectivity index (χ1) is 14.4. The van der Waals surface area contributed by atoms with Gasteiger partial charge in [-0.15, -0.1) is 0 Å². The summed E-state index contributed by atoms with van der Waals surface area (Å²) < 4.78 is 16.1. The van der Waals surface area contributed by atoms with Gasteiger partial charge >= 0.3 is 11.6 Å². The second-order valence-electron chi connectivity index (χ2n) is 7.28. The number of aryl methyl sites for hydroxylation is 3. The third-order valence-electron chi connectivity index (χ3n) is 5.24. The van der Waals surface area contributed by atoms with E-state index in [9.17, 15) is 9.59 Å². The monoisotopic (exact) mass is 403 g/mol. The lowest BCUT2D eigenvalue weighted by molar-refractivity contribution is 0.0472. The van der Waals surface area contributed by atoms with Crippen LogP contribution in [0.1, 0.15) is 32.7 Å². The average Bonchev–Trinajstić information content (AvgIpc) is 2.72. The van der Waals surface area contributed by atoms with Gasteiger partial charge in [-0.2, -0.15) is 0 Å². The minimum absolute atomic E-state index is 0.0382. The zero-order valence-corrected chi connectivity index (χ0v) is 17.2. The molecule has 0 bridgehead atoms. The number of carbonyl (C=O) groups is 1. The Labute approximate surface area is 173 Å². The van der Waals surface area contributed by atoms with Crippen LogP contribution in [0.2, 0.25) is 0 Å². The number of rotatable bonds is 4. The molecule has 152 valence electrons. The van der Waals surface area contributed by atoms with Crippen molar-refractivity contribution in [2.75, 3.05) is 7.11 Å². The molecule has 0 amide bonds. The van der Waals surface area contributed by atoms with Gasteiger partial charge in [-0.25, -0.2) is 9.59 Å². The van der Waals surface area contributed by atoms with Crippen LogP contribution in [0.5, 0.6) is 5.75 Å². The van der Waals surface area contributed by atoms with Crippen molar-refractivity contribution < 1.29 is 18.7 Å². The number of pyridine rings is 1. The maximum atomic E-state index is 12.8. The normalized spacial score (nSPS) is 11.1. The minimum atomic E-state index is -0.497. The summed E-state index contributed by atoms with van der Waals surface area (Å²) in [4.78, 5) is 29.2. The molecule has 0 fully saturated rings. The van der Waals surface area contributed by atoms with Crippen LogP contribution in [-0.4, -0.2) is 18.1 Å². The Morgan fingerprint density at radius 3 is 2.57 bits per heavy atom. The average molecular weight is 403 g/mol. The maximum Gasteiger partial charge on any atom is 0.340 e. The van der Waals surface area contributed by atoms with E-state index in [0.29, 0.717) is 28.2 Å². The van der Waals surface area contributed by atoms with Crippen molar-refractivity contribution in [3.05, 3.63) is 80.8 Å². The zero-order chi connectivity index (χ0) is 21.4. The van der Waals surface area contributed by atoms with Gasteiger partial charge in [0.1, 0.15) is 17.9 Å². The van der Waals surface area contributed by atoms with Crippen LogP contribution in [0.25, 0.3) is 21.9 Å². The van der Waals surface area contributed by atoms with Crippen molar-refractivity contribution in [1.82, 2.24) is 4.98 Å². The summed E-state index contributed by atoms with van der Waals surface area (Å²) in [7, 11) is 1.59. The molecule has 2 aromatic carbocycles. The van der Waals surface area contributed by atoms with E-state index >= 15 is 0 Å². The van der Waals surface area contributed by atoms with Crippen LogP contribution in [0.15, 0.2) is 51.7 Å². The van der Waals surface area contributed by atoms with E-state index < -0.39 is 11.6 Å². The Kier molecular flexibility index (Phi) is 4.99. The van der Waals surface area contributed by atoms with Crippen molar-refractivity contribution in [2.24, 2.45) is 0 Å². The lowest BCUT2D eigenvalue weighted by Crippen LogP contribution is -2.10. The summed E-state index contributed by atoms with van der Waals surface area (Å²) in [6.07, 6.45) is 0. The largest absolute Gasteiger partial charge is 0.497 e. The van der Waals surface area contributed by atoms with E-state index in [0.717, 1.165) is 27.4 Å².